The fourth-order valence-corrected chi connectivity index (χ4v) is 2.34. The van der Waals surface area contributed by atoms with Crippen molar-refractivity contribution in [3.05, 3.63) is 0 Å². The third-order valence-electron chi connectivity index (χ3n) is 3.48. The third-order valence-corrected chi connectivity index (χ3v) is 3.48. The highest BCUT2D eigenvalue weighted by Crippen LogP contribution is 2.35. The van der Waals surface area contributed by atoms with E-state index >= 15 is 0 Å². The van der Waals surface area contributed by atoms with Crippen LogP contribution < -0.4 is 5.32 Å². The second-order valence-corrected chi connectivity index (χ2v) is 4.72. The number of aliphatic hydroxyl groups excluding tert-OH is 1. The lowest BCUT2D eigenvalue weighted by Crippen LogP contribution is -2.39. The van der Waals surface area contributed by atoms with Crippen molar-refractivity contribution in [1.29, 1.82) is 0 Å². The molecule has 0 aliphatic heterocycles. The van der Waals surface area contributed by atoms with E-state index in [1.165, 1.54) is 26.4 Å². The summed E-state index contributed by atoms with van der Waals surface area (Å²) in [7, 11) is 1.40. The maximum Gasteiger partial charge on any atom is 0.306 e. The average Bonchev–Trinajstić information content (AvgIpc) is 2.35. The van der Waals surface area contributed by atoms with E-state index in [1.807, 2.05) is 0 Å². The van der Waals surface area contributed by atoms with Crippen molar-refractivity contribution in [2.45, 2.75) is 38.5 Å². The monoisotopic (exact) mass is 229 g/mol. The molecule has 4 nitrogen and oxygen atoms in total. The molecule has 0 atom stereocenters. The first-order chi connectivity index (χ1) is 7.72. The molecule has 0 radical (unpaired) electrons. The van der Waals surface area contributed by atoms with Gasteiger partial charge in [0.15, 0.2) is 0 Å². The van der Waals surface area contributed by atoms with E-state index < -0.39 is 0 Å². The molecular formula is C12H23NO3. The Hall–Kier alpha value is -0.610. The predicted molar refractivity (Wildman–Crippen MR) is 62.1 cm³/mol. The minimum atomic E-state index is -0.186. The van der Waals surface area contributed by atoms with Gasteiger partial charge in [0.05, 0.1) is 13.5 Å². The van der Waals surface area contributed by atoms with Crippen molar-refractivity contribution >= 4 is 5.97 Å². The Morgan fingerprint density at radius 2 is 2.06 bits per heavy atom. The van der Waals surface area contributed by atoms with Crippen molar-refractivity contribution in [3.8, 4) is 0 Å². The van der Waals surface area contributed by atoms with Crippen LogP contribution in [-0.2, 0) is 9.53 Å². The van der Waals surface area contributed by atoms with E-state index in [0.717, 1.165) is 19.4 Å². The second kappa shape index (κ2) is 6.86. The van der Waals surface area contributed by atoms with Gasteiger partial charge >= 0.3 is 5.97 Å². The number of nitrogens with one attached hydrogen (secondary N) is 1. The third kappa shape index (κ3) is 4.10. The number of carbonyl (C=O) groups is 1. The normalized spacial score (nSPS) is 19.4. The van der Waals surface area contributed by atoms with E-state index in [4.69, 9.17) is 0 Å². The zero-order chi connectivity index (χ0) is 11.9. The van der Waals surface area contributed by atoms with Gasteiger partial charge in [-0.25, -0.2) is 0 Å². The highest BCUT2D eigenvalue weighted by Gasteiger charge is 2.30. The average molecular weight is 229 g/mol. The van der Waals surface area contributed by atoms with Gasteiger partial charge < -0.3 is 15.2 Å². The summed E-state index contributed by atoms with van der Waals surface area (Å²) < 4.78 is 4.57. The van der Waals surface area contributed by atoms with Gasteiger partial charge in [-0.1, -0.05) is 19.3 Å². The molecule has 0 aromatic rings. The summed E-state index contributed by atoms with van der Waals surface area (Å²) in [6.45, 7) is 1.69. The highest BCUT2D eigenvalue weighted by atomic mass is 16.5. The van der Waals surface area contributed by atoms with E-state index in [-0.39, 0.29) is 18.0 Å². The molecule has 1 aliphatic rings. The van der Waals surface area contributed by atoms with Gasteiger partial charge in [-0.3, -0.25) is 4.79 Å². The minimum Gasteiger partial charge on any atom is -0.469 e. The molecule has 16 heavy (non-hydrogen) atoms. The van der Waals surface area contributed by atoms with Crippen molar-refractivity contribution in [2.75, 3.05) is 26.8 Å². The summed E-state index contributed by atoms with van der Waals surface area (Å²) in [5, 5.41) is 12.7. The fourth-order valence-electron chi connectivity index (χ4n) is 2.34. The first-order valence-corrected chi connectivity index (χ1v) is 6.11. The standard InChI is InChI=1S/C12H23NO3/c1-16-11(15)5-8-13-9-12(10-14)6-3-2-4-7-12/h13-14H,2-10H2,1H3. The van der Waals surface area contributed by atoms with Crippen molar-refractivity contribution in [3.63, 3.8) is 0 Å². The molecule has 0 aromatic heterocycles. The number of hydrogen-bond acceptors (Lipinski definition) is 4. The zero-order valence-electron chi connectivity index (χ0n) is 10.1. The van der Waals surface area contributed by atoms with Gasteiger partial charge in [0.2, 0.25) is 0 Å². The van der Waals surface area contributed by atoms with Crippen LogP contribution in [0, 0.1) is 5.41 Å². The molecule has 0 heterocycles. The Bertz CT molecular complexity index is 212. The lowest BCUT2D eigenvalue weighted by molar-refractivity contribution is -0.140. The first kappa shape index (κ1) is 13.5. The van der Waals surface area contributed by atoms with Crippen LogP contribution in [0.25, 0.3) is 0 Å². The molecule has 0 spiro atoms. The molecule has 1 rings (SSSR count). The SMILES string of the molecule is COC(=O)CCNCC1(CO)CCCCC1. The van der Waals surface area contributed by atoms with Gasteiger partial charge in [0, 0.05) is 25.1 Å². The Balaban J connectivity index is 2.20. The zero-order valence-corrected chi connectivity index (χ0v) is 10.1. The van der Waals surface area contributed by atoms with Gasteiger partial charge in [-0.15, -0.1) is 0 Å². The number of esters is 1. The highest BCUT2D eigenvalue weighted by molar-refractivity contribution is 5.69. The molecule has 0 aromatic carbocycles. The molecule has 0 bridgehead atoms. The second-order valence-electron chi connectivity index (χ2n) is 4.72. The Morgan fingerprint density at radius 1 is 1.38 bits per heavy atom. The molecule has 2 N–H and O–H groups in total. The van der Waals surface area contributed by atoms with Crippen LogP contribution in [-0.4, -0.2) is 37.9 Å². The number of hydrogen-bond donors (Lipinski definition) is 2. The summed E-state index contributed by atoms with van der Waals surface area (Å²) in [5.41, 5.74) is 0.0500. The van der Waals surface area contributed by atoms with Gasteiger partial charge in [0.1, 0.15) is 0 Å². The Kier molecular flexibility index (Phi) is 5.77. The molecule has 0 unspecified atom stereocenters. The largest absolute Gasteiger partial charge is 0.469 e. The molecular weight excluding hydrogens is 206 g/mol. The molecule has 4 heteroatoms. The predicted octanol–water partition coefficient (Wildman–Crippen LogP) is 1.08. The first-order valence-electron chi connectivity index (χ1n) is 6.11. The topological polar surface area (TPSA) is 58.6 Å². The number of rotatable bonds is 6. The maximum atomic E-state index is 10.9. The van der Waals surface area contributed by atoms with Gasteiger partial charge in [0.25, 0.3) is 0 Å². The number of aliphatic hydroxyl groups is 1. The number of carbonyl (C=O) groups excluding carboxylic acids is 1. The van der Waals surface area contributed by atoms with Crippen LogP contribution in [0.3, 0.4) is 0 Å². The lowest BCUT2D eigenvalue weighted by Gasteiger charge is -2.35. The van der Waals surface area contributed by atoms with E-state index in [0.29, 0.717) is 13.0 Å². The maximum absolute atomic E-state index is 10.9. The van der Waals surface area contributed by atoms with E-state index in [9.17, 15) is 9.90 Å². The van der Waals surface area contributed by atoms with Crippen LogP contribution >= 0.6 is 0 Å². The van der Waals surface area contributed by atoms with Gasteiger partial charge in [-0.05, 0) is 12.8 Å². The van der Waals surface area contributed by atoms with Crippen molar-refractivity contribution in [1.82, 2.24) is 5.32 Å². The Labute approximate surface area is 97.4 Å². The smallest absolute Gasteiger partial charge is 0.306 e. The summed E-state index contributed by atoms with van der Waals surface area (Å²) in [4.78, 5) is 10.9. The molecule has 1 fully saturated rings. The van der Waals surface area contributed by atoms with Crippen LogP contribution in [0.15, 0.2) is 0 Å². The lowest BCUT2D eigenvalue weighted by atomic mass is 9.74. The summed E-state index contributed by atoms with van der Waals surface area (Å²) in [6.07, 6.45) is 6.28. The van der Waals surface area contributed by atoms with E-state index in [2.05, 4.69) is 10.1 Å². The number of ether oxygens (including phenoxy) is 1. The van der Waals surface area contributed by atoms with Gasteiger partial charge in [-0.2, -0.15) is 0 Å². The molecule has 94 valence electrons. The van der Waals surface area contributed by atoms with Crippen molar-refractivity contribution in [2.24, 2.45) is 5.41 Å². The fraction of sp³-hybridized carbons (Fsp3) is 0.917. The van der Waals surface area contributed by atoms with E-state index in [1.54, 1.807) is 0 Å². The molecule has 1 aliphatic carbocycles. The number of methoxy groups -OCH3 is 1. The summed E-state index contributed by atoms with van der Waals surface area (Å²) >= 11 is 0. The minimum absolute atomic E-state index is 0.0500. The van der Waals surface area contributed by atoms with Crippen molar-refractivity contribution < 1.29 is 14.6 Å². The molecule has 0 amide bonds. The van der Waals surface area contributed by atoms with Crippen LogP contribution in [0.2, 0.25) is 0 Å². The Morgan fingerprint density at radius 3 is 2.62 bits per heavy atom. The molecule has 1 saturated carbocycles. The molecule has 0 saturated heterocycles. The summed E-state index contributed by atoms with van der Waals surface area (Å²) in [5.74, 6) is -0.186. The quantitative estimate of drug-likeness (QED) is 0.528. The van der Waals surface area contributed by atoms with Crippen LogP contribution in [0.5, 0.6) is 0 Å². The van der Waals surface area contributed by atoms with Crippen LogP contribution in [0.4, 0.5) is 0 Å². The summed E-state index contributed by atoms with van der Waals surface area (Å²) in [6, 6.07) is 0. The van der Waals surface area contributed by atoms with Crippen LogP contribution in [0.1, 0.15) is 38.5 Å².